The fraction of sp³-hybridized carbons (Fsp3) is 0.533. The first kappa shape index (κ1) is 17.0. The highest BCUT2D eigenvalue weighted by Crippen LogP contribution is 2.24. The van der Waals surface area contributed by atoms with E-state index in [0.29, 0.717) is 22.6 Å². The predicted octanol–water partition coefficient (Wildman–Crippen LogP) is 3.00. The van der Waals surface area contributed by atoms with Crippen molar-refractivity contribution in [1.82, 2.24) is 10.2 Å². The third-order valence-electron chi connectivity index (χ3n) is 3.31. The maximum atomic E-state index is 11.9. The van der Waals surface area contributed by atoms with Crippen LogP contribution in [0.1, 0.15) is 37.0 Å². The fourth-order valence-electron chi connectivity index (χ4n) is 1.70. The van der Waals surface area contributed by atoms with Crippen LogP contribution >= 0.6 is 15.9 Å². The molecule has 1 amide bonds. The highest BCUT2D eigenvalue weighted by Gasteiger charge is 2.08. The van der Waals surface area contributed by atoms with Gasteiger partial charge in [-0.25, -0.2) is 0 Å². The molecule has 0 aliphatic heterocycles. The van der Waals surface area contributed by atoms with Crippen LogP contribution in [0, 0.1) is 0 Å². The van der Waals surface area contributed by atoms with E-state index < -0.39 is 0 Å². The second-order valence-electron chi connectivity index (χ2n) is 5.20. The van der Waals surface area contributed by atoms with Crippen LogP contribution in [0.4, 0.5) is 0 Å². The zero-order valence-electron chi connectivity index (χ0n) is 12.3. The van der Waals surface area contributed by atoms with Crippen molar-refractivity contribution in [3.63, 3.8) is 0 Å². The van der Waals surface area contributed by atoms with Gasteiger partial charge in [0.1, 0.15) is 5.75 Å². The van der Waals surface area contributed by atoms with Crippen LogP contribution in [0.25, 0.3) is 0 Å². The first-order chi connectivity index (χ1) is 9.41. The molecule has 20 heavy (non-hydrogen) atoms. The quantitative estimate of drug-likeness (QED) is 0.749. The number of carbonyl (C=O) groups excluding carboxylic acids is 1. The van der Waals surface area contributed by atoms with Gasteiger partial charge in [-0.3, -0.25) is 4.79 Å². The van der Waals surface area contributed by atoms with Gasteiger partial charge in [-0.2, -0.15) is 0 Å². The molecule has 0 aliphatic rings. The summed E-state index contributed by atoms with van der Waals surface area (Å²) in [6, 6.07) is 5.37. The number of halogens is 1. The summed E-state index contributed by atoms with van der Waals surface area (Å²) in [5, 5.41) is 12.4. The lowest BCUT2D eigenvalue weighted by Crippen LogP contribution is -2.29. The molecule has 0 aromatic heterocycles. The Hall–Kier alpha value is -1.07. The van der Waals surface area contributed by atoms with Crippen LogP contribution in [-0.2, 0) is 0 Å². The molecule has 1 rings (SSSR count). The third-order valence-corrected chi connectivity index (χ3v) is 3.98. The molecule has 0 unspecified atom stereocenters. The normalized spacial score (nSPS) is 11.1. The Bertz CT molecular complexity index is 449. The van der Waals surface area contributed by atoms with Crippen LogP contribution in [0.2, 0.25) is 0 Å². The second-order valence-corrected chi connectivity index (χ2v) is 6.06. The van der Waals surface area contributed by atoms with E-state index in [1.165, 1.54) is 6.07 Å². The van der Waals surface area contributed by atoms with Gasteiger partial charge in [-0.05, 0) is 74.4 Å². The molecule has 5 heteroatoms. The number of phenols is 1. The summed E-state index contributed by atoms with van der Waals surface area (Å²) in [4.78, 5) is 14.2. The number of unbranched alkanes of at least 4 members (excludes halogenated alkanes) is 1. The van der Waals surface area contributed by atoms with Gasteiger partial charge < -0.3 is 15.3 Å². The lowest BCUT2D eigenvalue weighted by molar-refractivity contribution is 0.0952. The Morgan fingerprint density at radius 3 is 2.70 bits per heavy atom. The van der Waals surface area contributed by atoms with Crippen molar-refractivity contribution < 1.29 is 9.90 Å². The molecule has 0 saturated carbocycles. The molecular formula is C15H23BrN2O2. The highest BCUT2D eigenvalue weighted by atomic mass is 79.9. The third kappa shape index (κ3) is 5.51. The molecule has 0 aliphatic carbocycles. The van der Waals surface area contributed by atoms with Crippen molar-refractivity contribution in [3.8, 4) is 5.75 Å². The molecule has 1 aromatic rings. The summed E-state index contributed by atoms with van der Waals surface area (Å²) in [5.74, 6) is -0.0683. The standard InChI is InChI=1S/C15H23BrN2O2/c1-11(2)18(3)9-5-4-8-17-15(20)12-6-7-13(16)14(19)10-12/h6-7,10-11,19H,4-5,8-9H2,1-3H3,(H,17,20). The molecule has 0 bridgehead atoms. The molecule has 0 heterocycles. The van der Waals surface area contributed by atoms with E-state index in [-0.39, 0.29) is 11.7 Å². The molecule has 0 spiro atoms. The Kier molecular flexibility index (Phi) is 7.02. The summed E-state index contributed by atoms with van der Waals surface area (Å²) in [6.07, 6.45) is 2.01. The zero-order chi connectivity index (χ0) is 15.1. The van der Waals surface area contributed by atoms with Crippen LogP contribution in [0.3, 0.4) is 0 Å². The maximum Gasteiger partial charge on any atom is 0.251 e. The molecular weight excluding hydrogens is 320 g/mol. The van der Waals surface area contributed by atoms with E-state index >= 15 is 0 Å². The SMILES string of the molecule is CC(C)N(C)CCCCNC(=O)c1ccc(Br)c(O)c1. The first-order valence-corrected chi connectivity index (χ1v) is 7.68. The summed E-state index contributed by atoms with van der Waals surface area (Å²) in [5.41, 5.74) is 0.477. The zero-order valence-corrected chi connectivity index (χ0v) is 13.9. The predicted molar refractivity (Wildman–Crippen MR) is 85.1 cm³/mol. The van der Waals surface area contributed by atoms with Crippen molar-refractivity contribution in [3.05, 3.63) is 28.2 Å². The van der Waals surface area contributed by atoms with Crippen molar-refractivity contribution in [1.29, 1.82) is 0 Å². The Morgan fingerprint density at radius 2 is 2.10 bits per heavy atom. The number of carbonyl (C=O) groups is 1. The summed E-state index contributed by atoms with van der Waals surface area (Å²) in [6.45, 7) is 6.03. The minimum atomic E-state index is -0.148. The highest BCUT2D eigenvalue weighted by molar-refractivity contribution is 9.10. The van der Waals surface area contributed by atoms with E-state index in [4.69, 9.17) is 0 Å². The monoisotopic (exact) mass is 342 g/mol. The smallest absolute Gasteiger partial charge is 0.251 e. The number of phenolic OH excluding ortho intramolecular Hbond substituents is 1. The van der Waals surface area contributed by atoms with Crippen molar-refractivity contribution in [2.45, 2.75) is 32.7 Å². The minimum absolute atomic E-state index is 0.0798. The number of nitrogens with zero attached hydrogens (tertiary/aromatic N) is 1. The molecule has 1 aromatic carbocycles. The number of benzene rings is 1. The van der Waals surface area contributed by atoms with Crippen molar-refractivity contribution >= 4 is 21.8 Å². The average molecular weight is 343 g/mol. The Labute approximate surface area is 129 Å². The Morgan fingerprint density at radius 1 is 1.40 bits per heavy atom. The van der Waals surface area contributed by atoms with E-state index in [9.17, 15) is 9.90 Å². The summed E-state index contributed by atoms with van der Waals surface area (Å²) in [7, 11) is 2.11. The van der Waals surface area contributed by atoms with E-state index in [2.05, 4.69) is 47.0 Å². The number of hydrogen-bond acceptors (Lipinski definition) is 3. The van der Waals surface area contributed by atoms with E-state index in [0.717, 1.165) is 19.4 Å². The number of aromatic hydroxyl groups is 1. The maximum absolute atomic E-state index is 11.9. The fourth-order valence-corrected chi connectivity index (χ4v) is 1.95. The van der Waals surface area contributed by atoms with Crippen LogP contribution < -0.4 is 5.32 Å². The number of rotatable bonds is 7. The van der Waals surface area contributed by atoms with Gasteiger partial charge in [0, 0.05) is 18.2 Å². The van der Waals surface area contributed by atoms with E-state index in [1.807, 2.05) is 0 Å². The average Bonchev–Trinajstić information content (AvgIpc) is 2.40. The molecule has 0 saturated heterocycles. The molecule has 0 fully saturated rings. The topological polar surface area (TPSA) is 52.6 Å². The largest absolute Gasteiger partial charge is 0.507 e. The summed E-state index contributed by atoms with van der Waals surface area (Å²) >= 11 is 3.19. The van der Waals surface area contributed by atoms with Crippen molar-refractivity contribution in [2.75, 3.05) is 20.1 Å². The second kappa shape index (κ2) is 8.27. The lowest BCUT2D eigenvalue weighted by atomic mass is 10.2. The van der Waals surface area contributed by atoms with Gasteiger partial charge in [-0.1, -0.05) is 0 Å². The van der Waals surface area contributed by atoms with Gasteiger partial charge in [-0.15, -0.1) is 0 Å². The van der Waals surface area contributed by atoms with Crippen LogP contribution in [0.5, 0.6) is 5.75 Å². The number of nitrogens with one attached hydrogen (secondary N) is 1. The van der Waals surface area contributed by atoms with E-state index in [1.54, 1.807) is 12.1 Å². The van der Waals surface area contributed by atoms with Crippen molar-refractivity contribution in [2.24, 2.45) is 0 Å². The van der Waals surface area contributed by atoms with Gasteiger partial charge in [0.05, 0.1) is 4.47 Å². The van der Waals surface area contributed by atoms with Gasteiger partial charge >= 0.3 is 0 Å². The number of hydrogen-bond donors (Lipinski definition) is 2. The summed E-state index contributed by atoms with van der Waals surface area (Å²) < 4.78 is 0.589. The minimum Gasteiger partial charge on any atom is -0.507 e. The van der Waals surface area contributed by atoms with Gasteiger partial charge in [0.15, 0.2) is 0 Å². The van der Waals surface area contributed by atoms with Crippen LogP contribution in [0.15, 0.2) is 22.7 Å². The first-order valence-electron chi connectivity index (χ1n) is 6.88. The van der Waals surface area contributed by atoms with Gasteiger partial charge in [0.25, 0.3) is 5.91 Å². The number of amides is 1. The molecule has 0 atom stereocenters. The van der Waals surface area contributed by atoms with Crippen LogP contribution in [-0.4, -0.2) is 42.1 Å². The Balaban J connectivity index is 2.28. The lowest BCUT2D eigenvalue weighted by Gasteiger charge is -2.20. The molecule has 2 N–H and O–H groups in total. The molecule has 4 nitrogen and oxygen atoms in total. The van der Waals surface area contributed by atoms with Gasteiger partial charge in [0.2, 0.25) is 0 Å². The molecule has 112 valence electrons. The molecule has 0 radical (unpaired) electrons.